The van der Waals surface area contributed by atoms with E-state index in [0.29, 0.717) is 0 Å². The smallest absolute Gasteiger partial charge is 0.325 e. The van der Waals surface area contributed by atoms with Crippen LogP contribution in [0.4, 0.5) is 0 Å². The lowest BCUT2D eigenvalue weighted by Crippen LogP contribution is -2.57. The lowest BCUT2D eigenvalue weighted by Gasteiger charge is -2.21. The summed E-state index contributed by atoms with van der Waals surface area (Å²) in [5.74, 6) is -4.89. The molecule has 12 nitrogen and oxygen atoms in total. The molecule has 0 heterocycles. The predicted molar refractivity (Wildman–Crippen MR) is 86.7 cm³/mol. The molecule has 0 fully saturated rings. The molecule has 0 bridgehead atoms. The van der Waals surface area contributed by atoms with Crippen molar-refractivity contribution in [2.75, 3.05) is 6.61 Å². The minimum atomic E-state index is -1.41. The molecular formula is C14H24N4O8. The normalized spacial score (nSPS) is 15.1. The van der Waals surface area contributed by atoms with Gasteiger partial charge in [-0.3, -0.25) is 24.0 Å². The Balaban J connectivity index is 4.63. The minimum Gasteiger partial charge on any atom is -0.481 e. The van der Waals surface area contributed by atoms with Gasteiger partial charge in [0.1, 0.15) is 18.1 Å². The first-order valence-electron chi connectivity index (χ1n) is 7.71. The molecule has 0 aliphatic heterocycles. The Labute approximate surface area is 149 Å². The lowest BCUT2D eigenvalue weighted by molar-refractivity contribution is -0.141. The third kappa shape index (κ3) is 8.39. The second-order valence-corrected chi connectivity index (χ2v) is 5.58. The van der Waals surface area contributed by atoms with E-state index in [4.69, 9.17) is 15.9 Å². The van der Waals surface area contributed by atoms with Crippen molar-refractivity contribution in [3.8, 4) is 0 Å². The molecule has 12 heteroatoms. The van der Waals surface area contributed by atoms with E-state index in [1.807, 2.05) is 0 Å². The second kappa shape index (κ2) is 11.0. The zero-order valence-electron chi connectivity index (χ0n) is 14.4. The van der Waals surface area contributed by atoms with Crippen molar-refractivity contribution in [2.24, 2.45) is 5.73 Å². The van der Waals surface area contributed by atoms with Crippen molar-refractivity contribution in [3.05, 3.63) is 0 Å². The van der Waals surface area contributed by atoms with Crippen molar-refractivity contribution in [2.45, 2.75) is 50.9 Å². The fourth-order valence-corrected chi connectivity index (χ4v) is 1.66. The summed E-state index contributed by atoms with van der Waals surface area (Å²) in [6, 6.07) is -4.89. The van der Waals surface area contributed by atoms with E-state index < -0.39 is 60.4 Å². The number of aliphatic carboxylic acids is 2. The highest BCUT2D eigenvalue weighted by Crippen LogP contribution is 1.97. The summed E-state index contributed by atoms with van der Waals surface area (Å²) in [6.07, 6.45) is -0.504. The van der Waals surface area contributed by atoms with E-state index in [1.54, 1.807) is 0 Å². The Hall–Kier alpha value is -2.73. The van der Waals surface area contributed by atoms with Crippen LogP contribution in [0.2, 0.25) is 0 Å². The number of carboxylic acids is 2. The van der Waals surface area contributed by atoms with Crippen LogP contribution in [0, 0.1) is 0 Å². The molecule has 26 heavy (non-hydrogen) atoms. The molecule has 148 valence electrons. The van der Waals surface area contributed by atoms with Gasteiger partial charge in [-0.2, -0.15) is 0 Å². The summed E-state index contributed by atoms with van der Waals surface area (Å²) >= 11 is 0. The fourth-order valence-electron chi connectivity index (χ4n) is 1.66. The van der Waals surface area contributed by atoms with E-state index >= 15 is 0 Å². The molecular weight excluding hydrogens is 352 g/mol. The number of hydrogen-bond donors (Lipinski definition) is 7. The summed E-state index contributed by atoms with van der Waals surface area (Å²) in [4.78, 5) is 56.7. The number of carbonyl (C=O) groups excluding carboxylic acids is 3. The van der Waals surface area contributed by atoms with Gasteiger partial charge < -0.3 is 37.0 Å². The maximum absolute atomic E-state index is 12.0. The second-order valence-electron chi connectivity index (χ2n) is 5.58. The summed E-state index contributed by atoms with van der Waals surface area (Å²) in [7, 11) is 0. The highest BCUT2D eigenvalue weighted by atomic mass is 16.4. The Morgan fingerprint density at radius 2 is 1.42 bits per heavy atom. The molecule has 0 aromatic heterocycles. The molecule has 3 amide bonds. The van der Waals surface area contributed by atoms with Crippen molar-refractivity contribution < 1.29 is 39.3 Å². The first-order valence-corrected chi connectivity index (χ1v) is 7.71. The highest BCUT2D eigenvalue weighted by Gasteiger charge is 2.27. The van der Waals surface area contributed by atoms with Gasteiger partial charge in [0.25, 0.3) is 0 Å². The molecule has 0 aromatic carbocycles. The van der Waals surface area contributed by atoms with Gasteiger partial charge in [0.15, 0.2) is 0 Å². The van der Waals surface area contributed by atoms with Gasteiger partial charge in [-0.05, 0) is 20.3 Å². The van der Waals surface area contributed by atoms with Crippen LogP contribution in [0.25, 0.3) is 0 Å². The van der Waals surface area contributed by atoms with E-state index in [9.17, 15) is 29.1 Å². The van der Waals surface area contributed by atoms with Gasteiger partial charge in [-0.1, -0.05) is 0 Å². The van der Waals surface area contributed by atoms with Crippen molar-refractivity contribution in [3.63, 3.8) is 0 Å². The predicted octanol–water partition coefficient (Wildman–Crippen LogP) is -3.25. The Bertz CT molecular complexity index is 553. The zero-order chi connectivity index (χ0) is 20.4. The Morgan fingerprint density at radius 3 is 1.88 bits per heavy atom. The molecule has 0 aliphatic rings. The summed E-state index contributed by atoms with van der Waals surface area (Å²) in [6.45, 7) is 1.74. The first kappa shape index (κ1) is 23.3. The van der Waals surface area contributed by atoms with Gasteiger partial charge in [0.05, 0.1) is 12.6 Å². The van der Waals surface area contributed by atoms with Crippen LogP contribution >= 0.6 is 0 Å². The van der Waals surface area contributed by atoms with Crippen LogP contribution in [-0.4, -0.2) is 75.8 Å². The van der Waals surface area contributed by atoms with Crippen LogP contribution in [0.1, 0.15) is 26.7 Å². The third-order valence-corrected chi connectivity index (χ3v) is 3.30. The monoisotopic (exact) mass is 376 g/mol. The van der Waals surface area contributed by atoms with Crippen molar-refractivity contribution in [1.82, 2.24) is 16.0 Å². The topological polar surface area (TPSA) is 208 Å². The maximum Gasteiger partial charge on any atom is 0.325 e. The summed E-state index contributed by atoms with van der Waals surface area (Å²) in [5, 5.41) is 33.0. The number of aliphatic hydroxyl groups is 1. The Morgan fingerprint density at radius 1 is 0.885 bits per heavy atom. The molecule has 4 unspecified atom stereocenters. The Kier molecular flexibility index (Phi) is 9.84. The number of hydrogen-bond acceptors (Lipinski definition) is 7. The maximum atomic E-state index is 12.0. The van der Waals surface area contributed by atoms with Gasteiger partial charge in [-0.15, -0.1) is 0 Å². The summed E-state index contributed by atoms with van der Waals surface area (Å²) < 4.78 is 0. The molecule has 0 aliphatic carbocycles. The van der Waals surface area contributed by atoms with Crippen LogP contribution in [0.3, 0.4) is 0 Å². The van der Waals surface area contributed by atoms with E-state index in [1.165, 1.54) is 13.8 Å². The van der Waals surface area contributed by atoms with Gasteiger partial charge >= 0.3 is 11.9 Å². The zero-order valence-corrected chi connectivity index (χ0v) is 14.4. The molecule has 0 saturated heterocycles. The van der Waals surface area contributed by atoms with E-state index in [0.717, 1.165) is 0 Å². The third-order valence-electron chi connectivity index (χ3n) is 3.30. The number of carboxylic acid groups (broad SMARTS) is 2. The molecule has 4 atom stereocenters. The minimum absolute atomic E-state index is 0.160. The average Bonchev–Trinajstić information content (AvgIpc) is 2.56. The summed E-state index contributed by atoms with van der Waals surface area (Å²) in [5.41, 5.74) is 5.49. The van der Waals surface area contributed by atoms with Crippen molar-refractivity contribution in [1.29, 1.82) is 0 Å². The van der Waals surface area contributed by atoms with Crippen LogP contribution in [0.5, 0.6) is 0 Å². The molecule has 0 spiro atoms. The number of amides is 3. The fraction of sp³-hybridized carbons (Fsp3) is 0.643. The molecule has 0 saturated carbocycles. The lowest BCUT2D eigenvalue weighted by atomic mass is 10.1. The molecule has 0 rings (SSSR count). The van der Waals surface area contributed by atoms with Crippen LogP contribution < -0.4 is 21.7 Å². The van der Waals surface area contributed by atoms with Gasteiger partial charge in [-0.25, -0.2) is 0 Å². The average molecular weight is 376 g/mol. The number of nitrogens with two attached hydrogens (primary N) is 1. The van der Waals surface area contributed by atoms with Crippen molar-refractivity contribution >= 4 is 29.7 Å². The number of carbonyl (C=O) groups is 5. The van der Waals surface area contributed by atoms with Gasteiger partial charge in [0, 0.05) is 6.42 Å². The first-order chi connectivity index (χ1) is 12.0. The van der Waals surface area contributed by atoms with Crippen LogP contribution in [-0.2, 0) is 24.0 Å². The van der Waals surface area contributed by atoms with E-state index in [2.05, 4.69) is 16.0 Å². The molecule has 0 radical (unpaired) electrons. The molecule has 8 N–H and O–H groups in total. The number of rotatable bonds is 11. The quantitative estimate of drug-likeness (QED) is 0.193. The number of nitrogens with one attached hydrogen (secondary N) is 3. The van der Waals surface area contributed by atoms with E-state index in [-0.39, 0.29) is 12.8 Å². The SMILES string of the molecule is CC(NC(=O)C(C)NC(=O)C(CO)NC(=O)C(N)CCC(=O)O)C(=O)O. The number of aliphatic hydroxyl groups excluding tert-OH is 1. The molecule has 0 aromatic rings. The highest BCUT2D eigenvalue weighted by molar-refractivity contribution is 5.93. The van der Waals surface area contributed by atoms with Crippen LogP contribution in [0.15, 0.2) is 0 Å². The largest absolute Gasteiger partial charge is 0.481 e. The van der Waals surface area contributed by atoms with Gasteiger partial charge in [0.2, 0.25) is 17.7 Å². The standard InChI is InChI=1S/C14H24N4O8/c1-6(11(22)17-7(2)14(25)26)16-13(24)9(5-19)18-12(23)8(15)3-4-10(20)21/h6-9,19H,3-5,15H2,1-2H3,(H,16,24)(H,17,22)(H,18,23)(H,20,21)(H,25,26).